The summed E-state index contributed by atoms with van der Waals surface area (Å²) < 4.78 is 0. The van der Waals surface area contributed by atoms with Crippen LogP contribution in [0.25, 0.3) is 0 Å². The van der Waals surface area contributed by atoms with Gasteiger partial charge < -0.3 is 16.4 Å². The summed E-state index contributed by atoms with van der Waals surface area (Å²) in [5.41, 5.74) is 5.76. The van der Waals surface area contributed by atoms with Crippen molar-refractivity contribution in [3.63, 3.8) is 0 Å². The minimum absolute atomic E-state index is 0.0604. The maximum Gasteiger partial charge on any atom is 0.315 e. The van der Waals surface area contributed by atoms with Crippen molar-refractivity contribution in [2.24, 2.45) is 5.73 Å². The van der Waals surface area contributed by atoms with Crippen LogP contribution in [0, 0.1) is 0 Å². The summed E-state index contributed by atoms with van der Waals surface area (Å²) in [6.07, 6.45) is 3.96. The van der Waals surface area contributed by atoms with Gasteiger partial charge in [0.2, 0.25) is 0 Å². The Morgan fingerprint density at radius 1 is 1.50 bits per heavy atom. The molecule has 0 saturated heterocycles. The van der Waals surface area contributed by atoms with Crippen molar-refractivity contribution in [2.75, 3.05) is 6.54 Å². The second kappa shape index (κ2) is 4.64. The predicted molar refractivity (Wildman–Crippen MR) is 57.1 cm³/mol. The molecule has 0 unspecified atom stereocenters. The van der Waals surface area contributed by atoms with Gasteiger partial charge in [-0.15, -0.1) is 0 Å². The number of amides is 2. The summed E-state index contributed by atoms with van der Waals surface area (Å²) in [7, 11) is 0. The van der Waals surface area contributed by atoms with E-state index in [9.17, 15) is 4.79 Å². The Hall–Kier alpha value is -0.770. The molecule has 0 heterocycles. The molecule has 0 spiro atoms. The SMILES string of the molecule is CCNC(=O)NC1(C)CCC(N)CC1. The Morgan fingerprint density at radius 2 is 2.07 bits per heavy atom. The summed E-state index contributed by atoms with van der Waals surface area (Å²) in [5.74, 6) is 0. The van der Waals surface area contributed by atoms with E-state index in [-0.39, 0.29) is 11.6 Å². The van der Waals surface area contributed by atoms with Crippen molar-refractivity contribution < 1.29 is 4.79 Å². The van der Waals surface area contributed by atoms with E-state index in [1.807, 2.05) is 6.92 Å². The molecule has 82 valence electrons. The van der Waals surface area contributed by atoms with Crippen LogP contribution in [0.3, 0.4) is 0 Å². The maximum absolute atomic E-state index is 11.3. The molecule has 4 heteroatoms. The third kappa shape index (κ3) is 3.18. The molecule has 0 aromatic heterocycles. The maximum atomic E-state index is 11.3. The Labute approximate surface area is 85.6 Å². The standard InChI is InChI=1S/C10H21N3O/c1-3-12-9(14)13-10(2)6-4-8(11)5-7-10/h8H,3-7,11H2,1-2H3,(H2,12,13,14). The molecule has 0 bridgehead atoms. The Balaban J connectivity index is 2.38. The van der Waals surface area contributed by atoms with Gasteiger partial charge >= 0.3 is 6.03 Å². The third-order valence-electron chi connectivity index (χ3n) is 2.89. The smallest absolute Gasteiger partial charge is 0.315 e. The van der Waals surface area contributed by atoms with Gasteiger partial charge in [0, 0.05) is 18.1 Å². The molecule has 2 amide bonds. The van der Waals surface area contributed by atoms with Crippen molar-refractivity contribution in [2.45, 2.75) is 51.1 Å². The normalized spacial score (nSPS) is 32.4. The molecule has 14 heavy (non-hydrogen) atoms. The minimum atomic E-state index is -0.0644. The minimum Gasteiger partial charge on any atom is -0.338 e. The van der Waals surface area contributed by atoms with Crippen LogP contribution >= 0.6 is 0 Å². The Morgan fingerprint density at radius 3 is 2.57 bits per heavy atom. The van der Waals surface area contributed by atoms with Crippen molar-refractivity contribution in [3.8, 4) is 0 Å². The first-order chi connectivity index (χ1) is 6.56. The molecule has 1 fully saturated rings. The zero-order valence-corrected chi connectivity index (χ0v) is 9.10. The Bertz CT molecular complexity index is 198. The molecule has 0 aromatic rings. The number of rotatable bonds is 2. The molecule has 1 saturated carbocycles. The number of carbonyl (C=O) groups excluding carboxylic acids is 1. The molecule has 4 nitrogen and oxygen atoms in total. The van der Waals surface area contributed by atoms with Gasteiger partial charge in [-0.25, -0.2) is 4.79 Å². The lowest BCUT2D eigenvalue weighted by atomic mass is 9.81. The van der Waals surface area contributed by atoms with E-state index in [1.165, 1.54) is 0 Å². The topological polar surface area (TPSA) is 67.2 Å². The largest absolute Gasteiger partial charge is 0.338 e. The van der Waals surface area contributed by atoms with Crippen molar-refractivity contribution >= 4 is 6.03 Å². The van der Waals surface area contributed by atoms with Crippen LogP contribution < -0.4 is 16.4 Å². The van der Waals surface area contributed by atoms with E-state index in [0.29, 0.717) is 12.6 Å². The summed E-state index contributed by atoms with van der Waals surface area (Å²) >= 11 is 0. The van der Waals surface area contributed by atoms with Crippen LogP contribution in [-0.2, 0) is 0 Å². The first kappa shape index (κ1) is 11.3. The first-order valence-electron chi connectivity index (χ1n) is 5.37. The quantitative estimate of drug-likeness (QED) is 0.620. The van der Waals surface area contributed by atoms with Crippen molar-refractivity contribution in [1.82, 2.24) is 10.6 Å². The van der Waals surface area contributed by atoms with Crippen LogP contribution in [0.1, 0.15) is 39.5 Å². The van der Waals surface area contributed by atoms with E-state index < -0.39 is 0 Å². The van der Waals surface area contributed by atoms with Gasteiger partial charge in [-0.2, -0.15) is 0 Å². The molecular formula is C10H21N3O. The molecular weight excluding hydrogens is 178 g/mol. The average Bonchev–Trinajstić information content (AvgIpc) is 2.11. The van der Waals surface area contributed by atoms with Gasteiger partial charge in [0.15, 0.2) is 0 Å². The summed E-state index contributed by atoms with van der Waals surface area (Å²) in [6, 6.07) is 0.254. The zero-order valence-electron chi connectivity index (χ0n) is 9.10. The van der Waals surface area contributed by atoms with Gasteiger partial charge in [-0.05, 0) is 39.5 Å². The number of hydrogen-bond donors (Lipinski definition) is 3. The molecule has 1 aliphatic carbocycles. The highest BCUT2D eigenvalue weighted by molar-refractivity contribution is 5.74. The van der Waals surface area contributed by atoms with Gasteiger partial charge in [-0.3, -0.25) is 0 Å². The van der Waals surface area contributed by atoms with E-state index >= 15 is 0 Å². The molecule has 0 aromatic carbocycles. The van der Waals surface area contributed by atoms with E-state index in [0.717, 1.165) is 25.7 Å². The fraction of sp³-hybridized carbons (Fsp3) is 0.900. The number of urea groups is 1. The summed E-state index contributed by atoms with van der Waals surface area (Å²) in [6.45, 7) is 4.67. The van der Waals surface area contributed by atoms with Gasteiger partial charge in [0.05, 0.1) is 0 Å². The van der Waals surface area contributed by atoms with E-state index in [1.54, 1.807) is 0 Å². The van der Waals surface area contributed by atoms with Crippen LogP contribution in [0.5, 0.6) is 0 Å². The highest BCUT2D eigenvalue weighted by atomic mass is 16.2. The summed E-state index contributed by atoms with van der Waals surface area (Å²) in [4.78, 5) is 11.3. The molecule has 0 aliphatic heterocycles. The first-order valence-corrected chi connectivity index (χ1v) is 5.37. The Kier molecular flexibility index (Phi) is 3.75. The number of nitrogens with two attached hydrogens (primary N) is 1. The summed E-state index contributed by atoms with van der Waals surface area (Å²) in [5, 5.41) is 5.76. The molecule has 1 rings (SSSR count). The predicted octanol–water partition coefficient (Wildman–Crippen LogP) is 0.965. The highest BCUT2D eigenvalue weighted by Gasteiger charge is 2.30. The molecule has 4 N–H and O–H groups in total. The van der Waals surface area contributed by atoms with Gasteiger partial charge in [-0.1, -0.05) is 0 Å². The molecule has 0 radical (unpaired) electrons. The van der Waals surface area contributed by atoms with Crippen molar-refractivity contribution in [3.05, 3.63) is 0 Å². The van der Waals surface area contributed by atoms with E-state index in [2.05, 4.69) is 17.6 Å². The monoisotopic (exact) mass is 199 g/mol. The molecule has 0 atom stereocenters. The fourth-order valence-electron chi connectivity index (χ4n) is 1.88. The van der Waals surface area contributed by atoms with Crippen LogP contribution in [-0.4, -0.2) is 24.2 Å². The highest BCUT2D eigenvalue weighted by Crippen LogP contribution is 2.26. The van der Waals surface area contributed by atoms with Crippen LogP contribution in [0.2, 0.25) is 0 Å². The fourth-order valence-corrected chi connectivity index (χ4v) is 1.88. The number of hydrogen-bond acceptors (Lipinski definition) is 2. The molecule has 1 aliphatic rings. The third-order valence-corrected chi connectivity index (χ3v) is 2.89. The van der Waals surface area contributed by atoms with E-state index in [4.69, 9.17) is 5.73 Å². The average molecular weight is 199 g/mol. The zero-order chi connectivity index (χ0) is 10.6. The van der Waals surface area contributed by atoms with Gasteiger partial charge in [0.25, 0.3) is 0 Å². The lowest BCUT2D eigenvalue weighted by Gasteiger charge is -2.36. The van der Waals surface area contributed by atoms with Crippen molar-refractivity contribution in [1.29, 1.82) is 0 Å². The second-order valence-corrected chi connectivity index (χ2v) is 4.38. The van der Waals surface area contributed by atoms with Gasteiger partial charge in [0.1, 0.15) is 0 Å². The second-order valence-electron chi connectivity index (χ2n) is 4.38. The van der Waals surface area contributed by atoms with Crippen LogP contribution in [0.4, 0.5) is 4.79 Å². The number of carbonyl (C=O) groups is 1. The number of nitrogens with one attached hydrogen (secondary N) is 2. The lowest BCUT2D eigenvalue weighted by molar-refractivity contribution is 0.206. The lowest BCUT2D eigenvalue weighted by Crippen LogP contribution is -2.53. The van der Waals surface area contributed by atoms with Crippen LogP contribution in [0.15, 0.2) is 0 Å².